The Balaban J connectivity index is 1.96. The lowest BCUT2D eigenvalue weighted by atomic mass is 10.1. The van der Waals surface area contributed by atoms with Gasteiger partial charge in [0.2, 0.25) is 11.8 Å². The van der Waals surface area contributed by atoms with E-state index in [9.17, 15) is 19.2 Å². The summed E-state index contributed by atoms with van der Waals surface area (Å²) in [4.78, 5) is 46.5. The highest BCUT2D eigenvalue weighted by Crippen LogP contribution is 2.08. The first-order valence-corrected chi connectivity index (χ1v) is 6.30. The number of rotatable bonds is 2. The highest BCUT2D eigenvalue weighted by atomic mass is 16.4. The summed E-state index contributed by atoms with van der Waals surface area (Å²) in [6.45, 7) is -0.0901. The van der Waals surface area contributed by atoms with Gasteiger partial charge in [-0.1, -0.05) is 0 Å². The second kappa shape index (κ2) is 5.76. The van der Waals surface area contributed by atoms with E-state index in [0.717, 1.165) is 4.90 Å². The number of aliphatic carboxylic acids is 1. The third-order valence-corrected chi connectivity index (χ3v) is 3.32. The van der Waals surface area contributed by atoms with Crippen LogP contribution >= 0.6 is 0 Å². The predicted molar refractivity (Wildman–Crippen MR) is 65.7 cm³/mol. The van der Waals surface area contributed by atoms with Gasteiger partial charge in [0.1, 0.15) is 12.6 Å². The van der Waals surface area contributed by atoms with Gasteiger partial charge in [-0.3, -0.25) is 14.5 Å². The smallest absolute Gasteiger partial charge is 0.328 e. The largest absolute Gasteiger partial charge is 0.480 e. The molecule has 9 nitrogen and oxygen atoms in total. The number of piperazine rings is 1. The highest BCUT2D eigenvalue weighted by molar-refractivity contribution is 5.90. The van der Waals surface area contributed by atoms with E-state index in [1.54, 1.807) is 0 Å². The SMILES string of the molecule is O=C1CCC(NC(=O)N2CC(=O)NCC2C(=O)O)CN1. The predicted octanol–water partition coefficient (Wildman–Crippen LogP) is -2.14. The summed E-state index contributed by atoms with van der Waals surface area (Å²) < 4.78 is 0. The molecule has 0 spiro atoms. The molecule has 2 aliphatic heterocycles. The summed E-state index contributed by atoms with van der Waals surface area (Å²) in [5.74, 6) is -1.64. The van der Waals surface area contributed by atoms with Crippen molar-refractivity contribution in [1.29, 1.82) is 0 Å². The fourth-order valence-corrected chi connectivity index (χ4v) is 2.19. The molecule has 0 radical (unpaired) electrons. The number of carboxylic acid groups (broad SMARTS) is 1. The number of nitrogens with zero attached hydrogens (tertiary/aromatic N) is 1. The first-order valence-electron chi connectivity index (χ1n) is 6.30. The van der Waals surface area contributed by atoms with Crippen LogP contribution in [0.4, 0.5) is 4.79 Å². The maximum absolute atomic E-state index is 12.1. The Hall–Kier alpha value is -2.32. The number of hydrogen-bond acceptors (Lipinski definition) is 4. The molecular weight excluding hydrogens is 268 g/mol. The van der Waals surface area contributed by atoms with E-state index in [4.69, 9.17) is 5.11 Å². The summed E-state index contributed by atoms with van der Waals surface area (Å²) in [6, 6.07) is -1.93. The Labute approximate surface area is 114 Å². The molecule has 0 aromatic heterocycles. The number of nitrogens with one attached hydrogen (secondary N) is 3. The molecule has 2 heterocycles. The van der Waals surface area contributed by atoms with E-state index in [-0.39, 0.29) is 25.0 Å². The van der Waals surface area contributed by atoms with Crippen LogP contribution in [0.5, 0.6) is 0 Å². The molecular formula is C11H16N4O5. The fraction of sp³-hybridized carbons (Fsp3) is 0.636. The van der Waals surface area contributed by atoms with E-state index < -0.39 is 23.9 Å². The minimum absolute atomic E-state index is 0.0729. The zero-order valence-electron chi connectivity index (χ0n) is 10.7. The van der Waals surface area contributed by atoms with Gasteiger partial charge in [0.25, 0.3) is 0 Å². The molecule has 20 heavy (non-hydrogen) atoms. The molecule has 0 aromatic rings. The van der Waals surface area contributed by atoms with Crippen molar-refractivity contribution in [3.63, 3.8) is 0 Å². The lowest BCUT2D eigenvalue weighted by Gasteiger charge is -2.34. The molecule has 2 fully saturated rings. The van der Waals surface area contributed by atoms with Crippen LogP contribution in [0.15, 0.2) is 0 Å². The third-order valence-electron chi connectivity index (χ3n) is 3.32. The normalized spacial score (nSPS) is 26.5. The molecule has 0 aliphatic carbocycles. The Morgan fingerprint density at radius 2 is 1.90 bits per heavy atom. The van der Waals surface area contributed by atoms with Crippen LogP contribution in [-0.4, -0.2) is 65.5 Å². The number of piperidine rings is 1. The van der Waals surface area contributed by atoms with Gasteiger partial charge in [-0.05, 0) is 6.42 Å². The van der Waals surface area contributed by atoms with Crippen LogP contribution < -0.4 is 16.0 Å². The summed E-state index contributed by atoms with van der Waals surface area (Å²) in [7, 11) is 0. The van der Waals surface area contributed by atoms with Crippen molar-refractivity contribution in [2.45, 2.75) is 24.9 Å². The van der Waals surface area contributed by atoms with Crippen molar-refractivity contribution in [3.05, 3.63) is 0 Å². The molecule has 2 saturated heterocycles. The third kappa shape index (κ3) is 3.16. The number of amides is 4. The van der Waals surface area contributed by atoms with Crippen LogP contribution in [0.25, 0.3) is 0 Å². The quantitative estimate of drug-likeness (QED) is 0.460. The van der Waals surface area contributed by atoms with E-state index in [1.165, 1.54) is 0 Å². The molecule has 2 aliphatic rings. The zero-order chi connectivity index (χ0) is 14.7. The van der Waals surface area contributed by atoms with Gasteiger partial charge in [-0.25, -0.2) is 9.59 Å². The molecule has 2 atom stereocenters. The molecule has 9 heteroatoms. The molecule has 110 valence electrons. The van der Waals surface area contributed by atoms with E-state index in [1.807, 2.05) is 0 Å². The van der Waals surface area contributed by atoms with E-state index in [0.29, 0.717) is 19.4 Å². The fourth-order valence-electron chi connectivity index (χ4n) is 2.19. The standard InChI is InChI=1S/C11H16N4O5/c16-8-2-1-6(3-12-8)14-11(20)15-5-9(17)13-4-7(15)10(18)19/h6-7H,1-5H2,(H,12,16)(H,13,17)(H,14,20)(H,18,19). The van der Waals surface area contributed by atoms with Crippen LogP contribution in [0.3, 0.4) is 0 Å². The van der Waals surface area contributed by atoms with Crippen molar-refractivity contribution >= 4 is 23.8 Å². The average Bonchev–Trinajstić information content (AvgIpc) is 2.41. The second-order valence-electron chi connectivity index (χ2n) is 4.78. The summed E-state index contributed by atoms with van der Waals surface area (Å²) >= 11 is 0. The lowest BCUT2D eigenvalue weighted by Crippen LogP contribution is -2.63. The van der Waals surface area contributed by atoms with Crippen molar-refractivity contribution in [3.8, 4) is 0 Å². The first kappa shape index (κ1) is 14.1. The first-order chi connectivity index (χ1) is 9.47. The van der Waals surface area contributed by atoms with Crippen LogP contribution in [0.2, 0.25) is 0 Å². The van der Waals surface area contributed by atoms with Crippen molar-refractivity contribution in [1.82, 2.24) is 20.9 Å². The van der Waals surface area contributed by atoms with Crippen molar-refractivity contribution in [2.75, 3.05) is 19.6 Å². The van der Waals surface area contributed by atoms with Crippen LogP contribution in [0.1, 0.15) is 12.8 Å². The number of carbonyl (C=O) groups is 4. The Bertz CT molecular complexity index is 442. The molecule has 0 aromatic carbocycles. The number of carboxylic acids is 1. The Kier molecular flexibility index (Phi) is 4.06. The van der Waals surface area contributed by atoms with Gasteiger partial charge in [0.05, 0.1) is 0 Å². The highest BCUT2D eigenvalue weighted by Gasteiger charge is 2.36. The lowest BCUT2D eigenvalue weighted by molar-refractivity contribution is -0.144. The van der Waals surface area contributed by atoms with E-state index in [2.05, 4.69) is 16.0 Å². The molecule has 2 rings (SSSR count). The molecule has 4 N–H and O–H groups in total. The minimum atomic E-state index is -1.17. The Morgan fingerprint density at radius 1 is 1.20 bits per heavy atom. The van der Waals surface area contributed by atoms with Crippen LogP contribution in [-0.2, 0) is 14.4 Å². The van der Waals surface area contributed by atoms with Crippen LogP contribution in [0, 0.1) is 0 Å². The number of hydrogen-bond donors (Lipinski definition) is 4. The zero-order valence-corrected chi connectivity index (χ0v) is 10.7. The average molecular weight is 284 g/mol. The molecule has 0 saturated carbocycles. The van der Waals surface area contributed by atoms with Gasteiger partial charge in [0.15, 0.2) is 0 Å². The monoisotopic (exact) mass is 284 g/mol. The van der Waals surface area contributed by atoms with Crippen molar-refractivity contribution < 1.29 is 24.3 Å². The van der Waals surface area contributed by atoms with Gasteiger partial charge in [-0.15, -0.1) is 0 Å². The number of urea groups is 1. The minimum Gasteiger partial charge on any atom is -0.480 e. The molecule has 0 bridgehead atoms. The van der Waals surface area contributed by atoms with E-state index >= 15 is 0 Å². The second-order valence-corrected chi connectivity index (χ2v) is 4.78. The maximum Gasteiger partial charge on any atom is 0.328 e. The van der Waals surface area contributed by atoms with Gasteiger partial charge < -0.3 is 21.1 Å². The summed E-state index contributed by atoms with van der Waals surface area (Å²) in [5, 5.41) is 16.7. The summed E-state index contributed by atoms with van der Waals surface area (Å²) in [5.41, 5.74) is 0. The summed E-state index contributed by atoms with van der Waals surface area (Å²) in [6.07, 6.45) is 0.809. The van der Waals surface area contributed by atoms with Gasteiger partial charge >= 0.3 is 12.0 Å². The van der Waals surface area contributed by atoms with Gasteiger partial charge in [0, 0.05) is 25.6 Å². The topological polar surface area (TPSA) is 128 Å². The molecule has 4 amide bonds. The van der Waals surface area contributed by atoms with Gasteiger partial charge in [-0.2, -0.15) is 0 Å². The van der Waals surface area contributed by atoms with Crippen molar-refractivity contribution in [2.24, 2.45) is 0 Å². The Morgan fingerprint density at radius 3 is 2.50 bits per heavy atom. The molecule has 2 unspecified atom stereocenters. The maximum atomic E-state index is 12.1. The number of carbonyl (C=O) groups excluding carboxylic acids is 3.